The summed E-state index contributed by atoms with van der Waals surface area (Å²) >= 11 is 0. The SMILES string of the molecule is OC(c1ccc2ccccc2c1)c1[nH]c2ccccc2c1-c1ccccc1. The maximum atomic E-state index is 11.3. The fourth-order valence-electron chi connectivity index (χ4n) is 3.83. The predicted octanol–water partition coefficient (Wildman–Crippen LogP) is 6.07. The molecule has 1 atom stereocenters. The molecule has 0 aliphatic rings. The molecule has 2 heteroatoms. The summed E-state index contributed by atoms with van der Waals surface area (Å²) in [7, 11) is 0. The van der Waals surface area contributed by atoms with Crippen LogP contribution in [0.4, 0.5) is 0 Å². The van der Waals surface area contributed by atoms with E-state index in [0.29, 0.717) is 0 Å². The van der Waals surface area contributed by atoms with Crippen LogP contribution in [0.3, 0.4) is 0 Å². The van der Waals surface area contributed by atoms with Gasteiger partial charge in [-0.15, -0.1) is 0 Å². The Balaban J connectivity index is 1.71. The smallest absolute Gasteiger partial charge is 0.119 e. The van der Waals surface area contributed by atoms with E-state index >= 15 is 0 Å². The number of hydrogen-bond donors (Lipinski definition) is 2. The van der Waals surface area contributed by atoms with Crippen molar-refractivity contribution < 1.29 is 5.11 Å². The Kier molecular flexibility index (Phi) is 3.77. The van der Waals surface area contributed by atoms with Gasteiger partial charge < -0.3 is 10.1 Å². The first-order valence-corrected chi connectivity index (χ1v) is 9.14. The molecular formula is C25H19NO. The van der Waals surface area contributed by atoms with Crippen molar-refractivity contribution in [3.8, 4) is 11.1 Å². The minimum atomic E-state index is -0.725. The molecule has 2 N–H and O–H groups in total. The molecule has 5 rings (SSSR count). The second kappa shape index (κ2) is 6.42. The number of rotatable bonds is 3. The number of hydrogen-bond acceptors (Lipinski definition) is 1. The fourth-order valence-corrected chi connectivity index (χ4v) is 3.83. The fraction of sp³-hybridized carbons (Fsp3) is 0.0400. The van der Waals surface area contributed by atoms with Gasteiger partial charge in [0.05, 0.1) is 5.69 Å². The molecule has 0 fully saturated rings. The van der Waals surface area contributed by atoms with E-state index in [2.05, 4.69) is 53.5 Å². The summed E-state index contributed by atoms with van der Waals surface area (Å²) in [6.07, 6.45) is -0.725. The maximum absolute atomic E-state index is 11.3. The van der Waals surface area contributed by atoms with Gasteiger partial charge in [0.15, 0.2) is 0 Å². The van der Waals surface area contributed by atoms with Crippen molar-refractivity contribution in [2.24, 2.45) is 0 Å². The summed E-state index contributed by atoms with van der Waals surface area (Å²) < 4.78 is 0. The molecule has 0 amide bonds. The lowest BCUT2D eigenvalue weighted by Crippen LogP contribution is -2.02. The number of para-hydroxylation sites is 1. The van der Waals surface area contributed by atoms with Gasteiger partial charge in [0.25, 0.3) is 0 Å². The van der Waals surface area contributed by atoms with Crippen LogP contribution in [0.25, 0.3) is 32.8 Å². The number of aliphatic hydroxyl groups excluding tert-OH is 1. The summed E-state index contributed by atoms with van der Waals surface area (Å²) in [5, 5.41) is 14.7. The zero-order valence-electron chi connectivity index (χ0n) is 14.8. The van der Waals surface area contributed by atoms with Gasteiger partial charge in [-0.3, -0.25) is 0 Å². The summed E-state index contributed by atoms with van der Waals surface area (Å²) in [5.74, 6) is 0. The molecular weight excluding hydrogens is 330 g/mol. The lowest BCUT2D eigenvalue weighted by Gasteiger charge is -2.14. The number of nitrogens with one attached hydrogen (secondary N) is 1. The van der Waals surface area contributed by atoms with Crippen molar-refractivity contribution in [1.82, 2.24) is 4.98 Å². The Morgan fingerprint density at radius 1 is 0.667 bits per heavy atom. The summed E-state index contributed by atoms with van der Waals surface area (Å²) in [6.45, 7) is 0. The van der Waals surface area contributed by atoms with Crippen LogP contribution in [0, 0.1) is 0 Å². The van der Waals surface area contributed by atoms with E-state index < -0.39 is 6.10 Å². The van der Waals surface area contributed by atoms with Crippen molar-refractivity contribution in [1.29, 1.82) is 0 Å². The minimum absolute atomic E-state index is 0.725. The molecule has 0 aliphatic heterocycles. The first kappa shape index (κ1) is 15.9. The van der Waals surface area contributed by atoms with Crippen molar-refractivity contribution in [3.63, 3.8) is 0 Å². The van der Waals surface area contributed by atoms with Crippen LogP contribution in [0.5, 0.6) is 0 Å². The number of aromatic amines is 1. The molecule has 0 saturated carbocycles. The molecule has 0 aliphatic carbocycles. The molecule has 0 bridgehead atoms. The summed E-state index contributed by atoms with van der Waals surface area (Å²) in [5.41, 5.74) is 4.91. The van der Waals surface area contributed by atoms with Gasteiger partial charge in [0.1, 0.15) is 6.10 Å². The first-order valence-electron chi connectivity index (χ1n) is 9.14. The van der Waals surface area contributed by atoms with Crippen molar-refractivity contribution in [3.05, 3.63) is 108 Å². The highest BCUT2D eigenvalue weighted by Crippen LogP contribution is 2.38. The maximum Gasteiger partial charge on any atom is 0.119 e. The summed E-state index contributed by atoms with van der Waals surface area (Å²) in [4.78, 5) is 3.46. The average Bonchev–Trinajstić information content (AvgIpc) is 3.13. The normalized spacial score (nSPS) is 12.5. The van der Waals surface area contributed by atoms with Gasteiger partial charge in [0.2, 0.25) is 0 Å². The van der Waals surface area contributed by atoms with Crippen LogP contribution in [0.15, 0.2) is 97.1 Å². The van der Waals surface area contributed by atoms with Gasteiger partial charge in [-0.2, -0.15) is 0 Å². The van der Waals surface area contributed by atoms with Gasteiger partial charge in [-0.05, 0) is 34.0 Å². The largest absolute Gasteiger partial charge is 0.382 e. The standard InChI is InChI=1S/C25H19NO/c27-25(20-15-14-17-8-4-5-11-19(17)16-20)24-23(18-9-2-1-3-10-18)21-12-6-7-13-22(21)26-24/h1-16,25-27H. The second-order valence-corrected chi connectivity index (χ2v) is 6.83. The monoisotopic (exact) mass is 349 g/mol. The molecule has 0 radical (unpaired) electrons. The highest BCUT2D eigenvalue weighted by molar-refractivity contribution is 5.98. The van der Waals surface area contributed by atoms with E-state index in [1.54, 1.807) is 0 Å². The van der Waals surface area contributed by atoms with E-state index in [9.17, 15) is 5.11 Å². The average molecular weight is 349 g/mol. The Labute approximate surface area is 157 Å². The van der Waals surface area contributed by atoms with Crippen LogP contribution in [0.2, 0.25) is 0 Å². The van der Waals surface area contributed by atoms with Crippen LogP contribution in [0.1, 0.15) is 17.4 Å². The topological polar surface area (TPSA) is 36.0 Å². The van der Waals surface area contributed by atoms with Gasteiger partial charge in [-0.1, -0.05) is 84.9 Å². The van der Waals surface area contributed by atoms with Crippen LogP contribution >= 0.6 is 0 Å². The number of benzene rings is 4. The van der Waals surface area contributed by atoms with E-state index in [1.807, 2.05) is 48.5 Å². The zero-order valence-corrected chi connectivity index (χ0v) is 14.8. The van der Waals surface area contributed by atoms with Gasteiger partial charge in [0, 0.05) is 16.5 Å². The number of aliphatic hydroxyl groups is 1. The molecule has 1 unspecified atom stereocenters. The number of aromatic nitrogens is 1. The first-order chi connectivity index (χ1) is 13.3. The lowest BCUT2D eigenvalue weighted by atomic mass is 9.95. The molecule has 4 aromatic carbocycles. The molecule has 0 spiro atoms. The van der Waals surface area contributed by atoms with Crippen LogP contribution in [-0.2, 0) is 0 Å². The predicted molar refractivity (Wildman–Crippen MR) is 112 cm³/mol. The molecule has 27 heavy (non-hydrogen) atoms. The lowest BCUT2D eigenvalue weighted by molar-refractivity contribution is 0.217. The third-order valence-electron chi connectivity index (χ3n) is 5.16. The molecule has 130 valence electrons. The highest BCUT2D eigenvalue weighted by Gasteiger charge is 2.21. The van der Waals surface area contributed by atoms with E-state index in [4.69, 9.17) is 0 Å². The quantitative estimate of drug-likeness (QED) is 0.407. The highest BCUT2D eigenvalue weighted by atomic mass is 16.3. The van der Waals surface area contributed by atoms with Crippen molar-refractivity contribution >= 4 is 21.7 Å². The van der Waals surface area contributed by atoms with E-state index in [0.717, 1.165) is 38.7 Å². The molecule has 1 heterocycles. The molecule has 1 aromatic heterocycles. The molecule has 0 saturated heterocycles. The van der Waals surface area contributed by atoms with Gasteiger partial charge >= 0.3 is 0 Å². The number of fused-ring (bicyclic) bond motifs is 2. The zero-order chi connectivity index (χ0) is 18.2. The van der Waals surface area contributed by atoms with Crippen LogP contribution in [-0.4, -0.2) is 10.1 Å². The summed E-state index contributed by atoms with van der Waals surface area (Å²) in [6, 6.07) is 32.8. The number of H-pyrrole nitrogens is 1. The Morgan fingerprint density at radius 2 is 1.37 bits per heavy atom. The Hall–Kier alpha value is -3.36. The molecule has 2 nitrogen and oxygen atoms in total. The van der Waals surface area contributed by atoms with Crippen LogP contribution < -0.4 is 0 Å². The minimum Gasteiger partial charge on any atom is -0.382 e. The Morgan fingerprint density at radius 3 is 2.22 bits per heavy atom. The van der Waals surface area contributed by atoms with Crippen molar-refractivity contribution in [2.45, 2.75) is 6.10 Å². The van der Waals surface area contributed by atoms with Gasteiger partial charge in [-0.25, -0.2) is 0 Å². The molecule has 5 aromatic rings. The Bertz CT molecular complexity index is 1240. The van der Waals surface area contributed by atoms with Crippen molar-refractivity contribution in [2.75, 3.05) is 0 Å². The second-order valence-electron chi connectivity index (χ2n) is 6.83. The third-order valence-corrected chi connectivity index (χ3v) is 5.16. The van der Waals surface area contributed by atoms with E-state index in [-0.39, 0.29) is 0 Å². The van der Waals surface area contributed by atoms with E-state index in [1.165, 1.54) is 5.39 Å². The third kappa shape index (κ3) is 2.71.